The van der Waals surface area contributed by atoms with Crippen molar-refractivity contribution in [1.29, 1.82) is 0 Å². The van der Waals surface area contributed by atoms with E-state index in [1.165, 1.54) is 0 Å². The lowest BCUT2D eigenvalue weighted by molar-refractivity contribution is -0.122. The highest BCUT2D eigenvalue weighted by Gasteiger charge is 2.18. The van der Waals surface area contributed by atoms with Crippen LogP contribution in [0.5, 0.6) is 17.2 Å². The number of benzene rings is 2. The van der Waals surface area contributed by atoms with Crippen molar-refractivity contribution in [3.05, 3.63) is 54.6 Å². The zero-order valence-electron chi connectivity index (χ0n) is 14.4. The van der Waals surface area contributed by atoms with E-state index in [0.29, 0.717) is 17.2 Å². The quantitative estimate of drug-likeness (QED) is 0.830. The fourth-order valence-electron chi connectivity index (χ4n) is 2.86. The smallest absolute Gasteiger partial charge is 0.321 e. The maximum absolute atomic E-state index is 11.8. The molecule has 3 rings (SSSR count). The summed E-state index contributed by atoms with van der Waals surface area (Å²) in [6, 6.07) is 16.1. The van der Waals surface area contributed by atoms with Gasteiger partial charge in [-0.05, 0) is 37.1 Å². The molecule has 1 fully saturated rings. The summed E-state index contributed by atoms with van der Waals surface area (Å²) < 4.78 is 11.2. The van der Waals surface area contributed by atoms with Gasteiger partial charge in [0.15, 0.2) is 6.61 Å². The second-order valence-corrected chi connectivity index (χ2v) is 6.18. The second kappa shape index (κ2) is 8.89. The van der Waals surface area contributed by atoms with Gasteiger partial charge in [0.25, 0.3) is 5.91 Å². The number of hydrogen-bond acceptors (Lipinski definition) is 4. The predicted octanol–water partition coefficient (Wildman–Crippen LogP) is 3.63. The van der Waals surface area contributed by atoms with Crippen molar-refractivity contribution in [3.8, 4) is 17.2 Å². The van der Waals surface area contributed by atoms with Crippen LogP contribution in [0.25, 0.3) is 0 Å². The summed E-state index contributed by atoms with van der Waals surface area (Å²) in [5, 5.41) is 5.08. The van der Waals surface area contributed by atoms with E-state index >= 15 is 0 Å². The standard InChI is InChI=1S/C20H22N2O4/c23-19(22-20(24)21-15-7-4-5-8-15)14-25-17-11-6-12-18(13-17)26-16-9-2-1-3-10-16/h1-3,6,9-13,15H,4-5,7-8,14H2,(H2,21,22,23,24). The second-order valence-electron chi connectivity index (χ2n) is 6.18. The van der Waals surface area contributed by atoms with Crippen molar-refractivity contribution >= 4 is 11.9 Å². The van der Waals surface area contributed by atoms with E-state index in [4.69, 9.17) is 9.47 Å². The maximum Gasteiger partial charge on any atom is 0.321 e. The molecule has 1 saturated carbocycles. The Morgan fingerprint density at radius 2 is 1.62 bits per heavy atom. The summed E-state index contributed by atoms with van der Waals surface area (Å²) in [6.45, 7) is -0.243. The first kappa shape index (κ1) is 17.8. The molecule has 0 spiro atoms. The maximum atomic E-state index is 11.8. The van der Waals surface area contributed by atoms with Crippen LogP contribution in [0.15, 0.2) is 54.6 Å². The summed E-state index contributed by atoms with van der Waals surface area (Å²) in [5.74, 6) is 1.32. The van der Waals surface area contributed by atoms with Gasteiger partial charge >= 0.3 is 6.03 Å². The predicted molar refractivity (Wildman–Crippen MR) is 97.4 cm³/mol. The van der Waals surface area contributed by atoms with Crippen LogP contribution in [0, 0.1) is 0 Å². The first-order chi connectivity index (χ1) is 12.7. The summed E-state index contributed by atoms with van der Waals surface area (Å²) >= 11 is 0. The number of rotatable bonds is 6. The zero-order chi connectivity index (χ0) is 18.2. The lowest BCUT2D eigenvalue weighted by Gasteiger charge is -2.13. The van der Waals surface area contributed by atoms with Crippen LogP contribution in [-0.2, 0) is 4.79 Å². The molecule has 3 amide bonds. The lowest BCUT2D eigenvalue weighted by atomic mass is 10.2. The van der Waals surface area contributed by atoms with E-state index in [0.717, 1.165) is 25.7 Å². The molecule has 0 heterocycles. The Balaban J connectivity index is 1.45. The normalized spacial score (nSPS) is 13.8. The number of imide groups is 1. The first-order valence-electron chi connectivity index (χ1n) is 8.75. The summed E-state index contributed by atoms with van der Waals surface area (Å²) in [7, 11) is 0. The zero-order valence-corrected chi connectivity index (χ0v) is 14.4. The Labute approximate surface area is 152 Å². The van der Waals surface area contributed by atoms with Crippen LogP contribution in [0.3, 0.4) is 0 Å². The molecule has 0 bridgehead atoms. The van der Waals surface area contributed by atoms with E-state index in [1.54, 1.807) is 24.3 Å². The highest BCUT2D eigenvalue weighted by atomic mass is 16.5. The van der Waals surface area contributed by atoms with Gasteiger partial charge in [0.1, 0.15) is 17.2 Å². The number of hydrogen-bond donors (Lipinski definition) is 2. The highest BCUT2D eigenvalue weighted by molar-refractivity contribution is 5.95. The average molecular weight is 354 g/mol. The molecule has 6 heteroatoms. The van der Waals surface area contributed by atoms with Crippen LogP contribution in [0.2, 0.25) is 0 Å². The summed E-state index contributed by atoms with van der Waals surface area (Å²) in [4.78, 5) is 23.6. The van der Waals surface area contributed by atoms with E-state index in [1.807, 2.05) is 30.3 Å². The van der Waals surface area contributed by atoms with Crippen LogP contribution in [-0.4, -0.2) is 24.6 Å². The number of para-hydroxylation sites is 1. The molecule has 6 nitrogen and oxygen atoms in total. The molecule has 0 radical (unpaired) electrons. The SMILES string of the molecule is O=C(COc1cccc(Oc2ccccc2)c1)NC(=O)NC1CCCC1. The van der Waals surface area contributed by atoms with Gasteiger partial charge in [-0.15, -0.1) is 0 Å². The fraction of sp³-hybridized carbons (Fsp3) is 0.300. The van der Waals surface area contributed by atoms with Gasteiger partial charge in [0, 0.05) is 12.1 Å². The molecule has 0 aliphatic heterocycles. The molecule has 0 atom stereocenters. The fourth-order valence-corrected chi connectivity index (χ4v) is 2.86. The Morgan fingerprint density at radius 3 is 2.38 bits per heavy atom. The van der Waals surface area contributed by atoms with Crippen molar-refractivity contribution in [2.75, 3.05) is 6.61 Å². The number of nitrogens with one attached hydrogen (secondary N) is 2. The Morgan fingerprint density at radius 1 is 0.923 bits per heavy atom. The van der Waals surface area contributed by atoms with Crippen molar-refractivity contribution in [2.45, 2.75) is 31.7 Å². The van der Waals surface area contributed by atoms with E-state index in [9.17, 15) is 9.59 Å². The monoisotopic (exact) mass is 354 g/mol. The van der Waals surface area contributed by atoms with Gasteiger partial charge in [-0.3, -0.25) is 10.1 Å². The van der Waals surface area contributed by atoms with Gasteiger partial charge in [0.05, 0.1) is 0 Å². The van der Waals surface area contributed by atoms with Gasteiger partial charge in [-0.1, -0.05) is 37.1 Å². The molecule has 0 aromatic heterocycles. The number of amides is 3. The molecule has 2 aromatic carbocycles. The highest BCUT2D eigenvalue weighted by Crippen LogP contribution is 2.24. The third-order valence-corrected chi connectivity index (χ3v) is 4.10. The molecule has 0 unspecified atom stereocenters. The van der Waals surface area contributed by atoms with Crippen molar-refractivity contribution < 1.29 is 19.1 Å². The molecule has 0 saturated heterocycles. The number of carbonyl (C=O) groups is 2. The summed E-state index contributed by atoms with van der Waals surface area (Å²) in [5.41, 5.74) is 0. The Kier molecular flexibility index (Phi) is 6.09. The van der Waals surface area contributed by atoms with Crippen LogP contribution in [0.4, 0.5) is 4.79 Å². The summed E-state index contributed by atoms with van der Waals surface area (Å²) in [6.07, 6.45) is 4.16. The Hall–Kier alpha value is -3.02. The van der Waals surface area contributed by atoms with E-state index < -0.39 is 11.9 Å². The molecule has 136 valence electrons. The minimum atomic E-state index is -0.491. The number of carbonyl (C=O) groups excluding carboxylic acids is 2. The number of ether oxygens (including phenoxy) is 2. The molecule has 1 aliphatic rings. The molecule has 26 heavy (non-hydrogen) atoms. The topological polar surface area (TPSA) is 76.7 Å². The molecule has 2 N–H and O–H groups in total. The molecular formula is C20H22N2O4. The molecular weight excluding hydrogens is 332 g/mol. The Bertz CT molecular complexity index is 742. The van der Waals surface area contributed by atoms with Gasteiger partial charge in [-0.25, -0.2) is 4.79 Å². The largest absolute Gasteiger partial charge is 0.484 e. The van der Waals surface area contributed by atoms with Gasteiger partial charge in [0.2, 0.25) is 0 Å². The van der Waals surface area contributed by atoms with E-state index in [2.05, 4.69) is 10.6 Å². The van der Waals surface area contributed by atoms with Crippen molar-refractivity contribution in [1.82, 2.24) is 10.6 Å². The average Bonchev–Trinajstić information content (AvgIpc) is 3.14. The van der Waals surface area contributed by atoms with E-state index in [-0.39, 0.29) is 12.6 Å². The third kappa shape index (κ3) is 5.51. The first-order valence-corrected chi connectivity index (χ1v) is 8.75. The van der Waals surface area contributed by atoms with Gasteiger partial charge < -0.3 is 14.8 Å². The van der Waals surface area contributed by atoms with Gasteiger partial charge in [-0.2, -0.15) is 0 Å². The minimum absolute atomic E-state index is 0.163. The number of urea groups is 1. The third-order valence-electron chi connectivity index (χ3n) is 4.10. The minimum Gasteiger partial charge on any atom is -0.484 e. The molecule has 1 aliphatic carbocycles. The van der Waals surface area contributed by atoms with Crippen molar-refractivity contribution in [3.63, 3.8) is 0 Å². The van der Waals surface area contributed by atoms with Crippen LogP contribution < -0.4 is 20.1 Å². The van der Waals surface area contributed by atoms with Crippen LogP contribution >= 0.6 is 0 Å². The lowest BCUT2D eigenvalue weighted by Crippen LogP contribution is -2.45. The van der Waals surface area contributed by atoms with Crippen LogP contribution in [0.1, 0.15) is 25.7 Å². The molecule has 2 aromatic rings. The van der Waals surface area contributed by atoms with Crippen molar-refractivity contribution in [2.24, 2.45) is 0 Å².